The predicted molar refractivity (Wildman–Crippen MR) is 123 cm³/mol. The van der Waals surface area contributed by atoms with Crippen molar-refractivity contribution in [3.8, 4) is 5.75 Å². The quantitative estimate of drug-likeness (QED) is 0.396. The van der Waals surface area contributed by atoms with Gasteiger partial charge in [0.25, 0.3) is 5.91 Å². The lowest BCUT2D eigenvalue weighted by molar-refractivity contribution is -0.120. The molecule has 0 aliphatic rings. The first-order valence-corrected chi connectivity index (χ1v) is 10.3. The zero-order valence-corrected chi connectivity index (χ0v) is 18.2. The number of amides is 1. The molecular formula is C22H23ClN4O2S. The average molecular weight is 443 g/mol. The molecule has 0 fully saturated rings. The summed E-state index contributed by atoms with van der Waals surface area (Å²) in [5.74, 6) is 0.578. The van der Waals surface area contributed by atoms with Crippen LogP contribution in [0.25, 0.3) is 10.2 Å². The third-order valence-electron chi connectivity index (χ3n) is 4.53. The topological polar surface area (TPSA) is 60.2 Å². The zero-order chi connectivity index (χ0) is 20.1. The number of hydrogen-bond acceptors (Lipinski definition) is 5. The molecule has 4 rings (SSSR count). The molecule has 0 N–H and O–H groups in total. The number of carbonyl (C=O) groups excluding carboxylic acids is 1. The number of hydrogen-bond donors (Lipinski definition) is 0. The number of rotatable bonds is 8. The Labute approximate surface area is 185 Å². The second kappa shape index (κ2) is 10.2. The Morgan fingerprint density at radius 1 is 1.20 bits per heavy atom. The smallest absolute Gasteiger partial charge is 0.266 e. The van der Waals surface area contributed by atoms with E-state index in [0.29, 0.717) is 17.4 Å². The summed E-state index contributed by atoms with van der Waals surface area (Å²) in [4.78, 5) is 23.5. The molecule has 0 atom stereocenters. The van der Waals surface area contributed by atoms with Crippen molar-refractivity contribution in [2.75, 3.05) is 18.1 Å². The fourth-order valence-corrected chi connectivity index (χ4v) is 4.14. The van der Waals surface area contributed by atoms with Gasteiger partial charge in [-0.1, -0.05) is 35.6 Å². The Balaban J connectivity index is 0.00000256. The van der Waals surface area contributed by atoms with Crippen LogP contribution in [-0.4, -0.2) is 33.6 Å². The molecule has 2 heterocycles. The summed E-state index contributed by atoms with van der Waals surface area (Å²) in [6, 6.07) is 15.5. The molecule has 6 nitrogen and oxygen atoms in total. The van der Waals surface area contributed by atoms with Gasteiger partial charge in [0, 0.05) is 25.5 Å². The summed E-state index contributed by atoms with van der Waals surface area (Å²) >= 11 is 1.54. The van der Waals surface area contributed by atoms with Crippen LogP contribution in [0.2, 0.25) is 0 Å². The maximum absolute atomic E-state index is 13.0. The molecule has 0 bridgehead atoms. The summed E-state index contributed by atoms with van der Waals surface area (Å²) in [7, 11) is 0. The Hall–Kier alpha value is -2.90. The van der Waals surface area contributed by atoms with Crippen molar-refractivity contribution in [2.45, 2.75) is 19.9 Å². The molecule has 0 saturated heterocycles. The highest BCUT2D eigenvalue weighted by atomic mass is 35.5. The molecule has 0 radical (unpaired) electrons. The second-order valence-corrected chi connectivity index (χ2v) is 7.78. The number of nitrogens with zero attached hydrogens (tertiary/aromatic N) is 4. The first-order chi connectivity index (χ1) is 14.2. The minimum Gasteiger partial charge on any atom is -0.484 e. The number of aryl methyl sites for hydroxylation is 2. The van der Waals surface area contributed by atoms with Crippen LogP contribution < -0.4 is 9.64 Å². The molecular weight excluding hydrogens is 420 g/mol. The highest BCUT2D eigenvalue weighted by molar-refractivity contribution is 7.22. The maximum atomic E-state index is 13.0. The van der Waals surface area contributed by atoms with Gasteiger partial charge in [-0.15, -0.1) is 12.4 Å². The van der Waals surface area contributed by atoms with Crippen LogP contribution in [0.1, 0.15) is 12.0 Å². The number of aromatic nitrogens is 3. The van der Waals surface area contributed by atoms with Crippen molar-refractivity contribution in [1.29, 1.82) is 0 Å². The fraction of sp³-hybridized carbons (Fsp3) is 0.227. The Kier molecular flexibility index (Phi) is 7.43. The molecule has 0 aliphatic carbocycles. The van der Waals surface area contributed by atoms with E-state index >= 15 is 0 Å². The fourth-order valence-electron chi connectivity index (χ4n) is 3.03. The van der Waals surface area contributed by atoms with Crippen molar-refractivity contribution in [2.24, 2.45) is 0 Å². The van der Waals surface area contributed by atoms with E-state index in [-0.39, 0.29) is 24.9 Å². The standard InChI is InChI=1S/C22H22N4O2S.ClH/c1-17-8-9-19-20(14-17)29-22(24-19)26(12-5-11-25-13-10-23-16-25)21(27)15-28-18-6-3-2-4-7-18;/h2-4,6-10,13-14,16H,5,11-12,15H2,1H3;1H. The minimum atomic E-state index is -0.102. The van der Waals surface area contributed by atoms with Crippen LogP contribution in [0, 0.1) is 6.92 Å². The number of carbonyl (C=O) groups is 1. The number of imidazole rings is 1. The summed E-state index contributed by atoms with van der Waals surface area (Å²) < 4.78 is 8.77. The molecule has 2 aromatic heterocycles. The summed E-state index contributed by atoms with van der Waals surface area (Å²) in [5, 5.41) is 0.706. The molecule has 156 valence electrons. The molecule has 8 heteroatoms. The van der Waals surface area contributed by atoms with Gasteiger partial charge in [-0.25, -0.2) is 9.97 Å². The van der Waals surface area contributed by atoms with E-state index in [4.69, 9.17) is 9.72 Å². The number of thiazole rings is 1. The zero-order valence-electron chi connectivity index (χ0n) is 16.6. The van der Waals surface area contributed by atoms with Gasteiger partial charge >= 0.3 is 0 Å². The van der Waals surface area contributed by atoms with Crippen LogP contribution in [0.5, 0.6) is 5.75 Å². The van der Waals surface area contributed by atoms with Crippen LogP contribution in [0.15, 0.2) is 67.3 Å². The lowest BCUT2D eigenvalue weighted by Crippen LogP contribution is -2.36. The monoisotopic (exact) mass is 442 g/mol. The summed E-state index contributed by atoms with van der Waals surface area (Å²) in [6.45, 7) is 3.38. The van der Waals surface area contributed by atoms with Gasteiger partial charge in [0.05, 0.1) is 16.5 Å². The van der Waals surface area contributed by atoms with E-state index in [9.17, 15) is 4.79 Å². The Morgan fingerprint density at radius 3 is 2.80 bits per heavy atom. The van der Waals surface area contributed by atoms with Crippen LogP contribution in [-0.2, 0) is 11.3 Å². The highest BCUT2D eigenvalue weighted by Crippen LogP contribution is 2.30. The summed E-state index contributed by atoms with van der Waals surface area (Å²) in [6.07, 6.45) is 6.26. The molecule has 4 aromatic rings. The first kappa shape index (κ1) is 21.8. The van der Waals surface area contributed by atoms with Gasteiger partial charge in [-0.3, -0.25) is 9.69 Å². The van der Waals surface area contributed by atoms with Crippen molar-refractivity contribution >= 4 is 45.0 Å². The van der Waals surface area contributed by atoms with E-state index in [0.717, 1.165) is 23.2 Å². The third kappa shape index (κ3) is 5.37. The van der Waals surface area contributed by atoms with Crippen molar-refractivity contribution < 1.29 is 9.53 Å². The normalized spacial score (nSPS) is 10.6. The van der Waals surface area contributed by atoms with E-state index in [1.54, 1.807) is 17.4 Å². The molecule has 30 heavy (non-hydrogen) atoms. The average Bonchev–Trinajstić information content (AvgIpc) is 3.39. The molecule has 0 aliphatic heterocycles. The number of benzene rings is 2. The van der Waals surface area contributed by atoms with Gasteiger partial charge in [0.2, 0.25) is 0 Å². The minimum absolute atomic E-state index is 0. The number of anilines is 1. The maximum Gasteiger partial charge on any atom is 0.266 e. The van der Waals surface area contributed by atoms with Gasteiger partial charge in [0.15, 0.2) is 11.7 Å². The van der Waals surface area contributed by atoms with E-state index in [1.807, 2.05) is 53.2 Å². The molecule has 2 aromatic carbocycles. The third-order valence-corrected chi connectivity index (χ3v) is 5.57. The van der Waals surface area contributed by atoms with Gasteiger partial charge < -0.3 is 9.30 Å². The van der Waals surface area contributed by atoms with Gasteiger partial charge in [-0.2, -0.15) is 0 Å². The van der Waals surface area contributed by atoms with Crippen LogP contribution in [0.4, 0.5) is 5.13 Å². The SMILES string of the molecule is Cc1ccc2nc(N(CCCn3ccnc3)C(=O)COc3ccccc3)sc2c1.Cl. The number of ether oxygens (including phenoxy) is 1. The highest BCUT2D eigenvalue weighted by Gasteiger charge is 2.20. The lowest BCUT2D eigenvalue weighted by Gasteiger charge is -2.20. The first-order valence-electron chi connectivity index (χ1n) is 9.50. The van der Waals surface area contributed by atoms with Gasteiger partial charge in [0.1, 0.15) is 5.75 Å². The largest absolute Gasteiger partial charge is 0.484 e. The van der Waals surface area contributed by atoms with Crippen molar-refractivity contribution in [1.82, 2.24) is 14.5 Å². The second-order valence-electron chi connectivity index (χ2n) is 6.77. The molecule has 1 amide bonds. The van der Waals surface area contributed by atoms with Crippen LogP contribution in [0.3, 0.4) is 0 Å². The van der Waals surface area contributed by atoms with Crippen molar-refractivity contribution in [3.05, 3.63) is 72.8 Å². The number of fused-ring (bicyclic) bond motifs is 1. The molecule has 0 spiro atoms. The van der Waals surface area contributed by atoms with E-state index in [1.165, 1.54) is 16.9 Å². The van der Waals surface area contributed by atoms with Crippen LogP contribution >= 0.6 is 23.7 Å². The number of para-hydroxylation sites is 1. The van der Waals surface area contributed by atoms with Gasteiger partial charge in [-0.05, 0) is 43.2 Å². The van der Waals surface area contributed by atoms with E-state index in [2.05, 4.69) is 18.0 Å². The van der Waals surface area contributed by atoms with Crippen molar-refractivity contribution in [3.63, 3.8) is 0 Å². The number of halogens is 1. The Bertz CT molecular complexity index is 1080. The molecule has 0 unspecified atom stereocenters. The Morgan fingerprint density at radius 2 is 2.03 bits per heavy atom. The molecule has 0 saturated carbocycles. The van der Waals surface area contributed by atoms with E-state index < -0.39 is 0 Å². The lowest BCUT2D eigenvalue weighted by atomic mass is 10.2. The summed E-state index contributed by atoms with van der Waals surface area (Å²) in [5.41, 5.74) is 2.09. The predicted octanol–water partition coefficient (Wildman–Crippen LogP) is 4.73.